The fraction of sp³-hybridized carbons (Fsp3) is 0.833. The highest BCUT2D eigenvalue weighted by atomic mass is 16.5. The van der Waals surface area contributed by atoms with E-state index in [0.717, 1.165) is 0 Å². The summed E-state index contributed by atoms with van der Waals surface area (Å²) >= 11 is 0. The Balaban J connectivity index is 3.51. The van der Waals surface area contributed by atoms with Gasteiger partial charge in [-0.3, -0.25) is 4.79 Å². The highest BCUT2D eigenvalue weighted by Gasteiger charge is 2.08. The number of rotatable bonds is 2. The maximum absolute atomic E-state index is 10.7. The average Bonchev–Trinajstić information content (AvgIpc) is 1.63. The lowest BCUT2D eigenvalue weighted by Gasteiger charge is -2.09. The van der Waals surface area contributed by atoms with E-state index in [9.17, 15) is 4.79 Å². The van der Waals surface area contributed by atoms with Gasteiger partial charge in [0.2, 0.25) is 0 Å². The van der Waals surface area contributed by atoms with Crippen molar-refractivity contribution in [2.75, 3.05) is 0 Å². The van der Waals surface area contributed by atoms with Gasteiger partial charge in [-0.2, -0.15) is 0 Å². The Hall–Kier alpha value is -0.465. The van der Waals surface area contributed by atoms with Gasteiger partial charge in [-0.05, 0) is 13.8 Å². The molecule has 0 rings (SSSR count). The number of carbonyl (C=O) groups is 1. The lowest BCUT2D eigenvalue weighted by Crippen LogP contribution is -2.14. The third-order valence-corrected chi connectivity index (χ3v) is 0.823. The molecule has 0 heterocycles. The molecule has 0 amide bonds. The predicted molar refractivity (Wildman–Crippen MR) is 39.2 cm³/mol. The van der Waals surface area contributed by atoms with Crippen LogP contribution in [0.2, 0.25) is 5.82 Å². The zero-order valence-corrected chi connectivity index (χ0v) is 6.47. The summed E-state index contributed by atoms with van der Waals surface area (Å²) in [6.45, 7) is 5.52. The van der Waals surface area contributed by atoms with Crippen molar-refractivity contribution in [1.29, 1.82) is 0 Å². The minimum absolute atomic E-state index is 0.00704. The first-order valence-corrected chi connectivity index (χ1v) is 3.24. The topological polar surface area (TPSA) is 26.3 Å². The molecule has 0 aliphatic rings. The van der Waals surface area contributed by atoms with Crippen LogP contribution in [0.4, 0.5) is 0 Å². The summed E-state index contributed by atoms with van der Waals surface area (Å²) in [6, 6.07) is 0. The largest absolute Gasteiger partial charge is 0.463 e. The van der Waals surface area contributed by atoms with Gasteiger partial charge in [-0.25, -0.2) is 0 Å². The van der Waals surface area contributed by atoms with Gasteiger partial charge >= 0.3 is 5.97 Å². The standard InChI is InChI=1S/C6H13BO2/c1-4(2)9-6(8)5(3)7/h4-5H,7H2,1-3H3/t5-/m0/s1. The smallest absolute Gasteiger partial charge is 0.300 e. The zero-order valence-electron chi connectivity index (χ0n) is 6.47. The Labute approximate surface area is 57.0 Å². The van der Waals surface area contributed by atoms with Gasteiger partial charge in [0.05, 0.1) is 6.10 Å². The number of ether oxygens (including phenoxy) is 1. The van der Waals surface area contributed by atoms with Crippen molar-refractivity contribution in [1.82, 2.24) is 0 Å². The Morgan fingerprint density at radius 3 is 2.00 bits per heavy atom. The van der Waals surface area contributed by atoms with Crippen molar-refractivity contribution in [3.8, 4) is 0 Å². The van der Waals surface area contributed by atoms with Gasteiger partial charge in [0.25, 0.3) is 0 Å². The van der Waals surface area contributed by atoms with Crippen molar-refractivity contribution >= 4 is 13.8 Å². The van der Waals surface area contributed by atoms with E-state index in [2.05, 4.69) is 0 Å². The van der Waals surface area contributed by atoms with Gasteiger partial charge in [0, 0.05) is 5.82 Å². The fourth-order valence-electron chi connectivity index (χ4n) is 0.368. The van der Waals surface area contributed by atoms with Crippen LogP contribution < -0.4 is 0 Å². The monoisotopic (exact) mass is 128 g/mol. The second-order valence-corrected chi connectivity index (χ2v) is 2.64. The molecular formula is C6H13BO2. The normalized spacial score (nSPS) is 13.3. The summed E-state index contributed by atoms with van der Waals surface area (Å²) in [5.41, 5.74) is 0. The minimum atomic E-state index is -0.120. The van der Waals surface area contributed by atoms with E-state index in [1.54, 1.807) is 0 Å². The summed E-state index contributed by atoms with van der Waals surface area (Å²) < 4.78 is 4.87. The Bertz CT molecular complexity index is 99.2. The molecule has 2 nitrogen and oxygen atoms in total. The maximum Gasteiger partial charge on any atom is 0.300 e. The van der Waals surface area contributed by atoms with E-state index in [4.69, 9.17) is 4.74 Å². The van der Waals surface area contributed by atoms with E-state index >= 15 is 0 Å². The van der Waals surface area contributed by atoms with Crippen molar-refractivity contribution in [3.05, 3.63) is 0 Å². The molecule has 0 aromatic carbocycles. The molecule has 0 aromatic rings. The number of hydrogen-bond donors (Lipinski definition) is 0. The third-order valence-electron chi connectivity index (χ3n) is 0.823. The molecule has 0 bridgehead atoms. The Morgan fingerprint density at radius 2 is 1.89 bits per heavy atom. The molecular weight excluding hydrogens is 115 g/mol. The summed E-state index contributed by atoms with van der Waals surface area (Å²) in [6.07, 6.45) is 0.0138. The number of carbonyl (C=O) groups excluding carboxylic acids is 1. The summed E-state index contributed by atoms with van der Waals surface area (Å²) in [5, 5.41) is 0. The summed E-state index contributed by atoms with van der Waals surface area (Å²) in [7, 11) is 1.82. The fourth-order valence-corrected chi connectivity index (χ4v) is 0.368. The van der Waals surface area contributed by atoms with Crippen LogP contribution in [0, 0.1) is 0 Å². The molecule has 0 unspecified atom stereocenters. The van der Waals surface area contributed by atoms with E-state index in [0.29, 0.717) is 0 Å². The molecule has 52 valence electrons. The van der Waals surface area contributed by atoms with Crippen LogP contribution in [0.1, 0.15) is 20.8 Å². The zero-order chi connectivity index (χ0) is 7.44. The molecule has 0 fully saturated rings. The van der Waals surface area contributed by atoms with Crippen LogP contribution in [-0.4, -0.2) is 19.9 Å². The molecule has 0 saturated heterocycles. The van der Waals surface area contributed by atoms with E-state index in [-0.39, 0.29) is 17.9 Å². The molecule has 3 heteroatoms. The minimum Gasteiger partial charge on any atom is -0.463 e. The van der Waals surface area contributed by atoms with Crippen LogP contribution in [0.3, 0.4) is 0 Å². The predicted octanol–water partition coefficient (Wildman–Crippen LogP) is 0.379. The molecule has 0 N–H and O–H groups in total. The molecule has 0 spiro atoms. The van der Waals surface area contributed by atoms with E-state index in [1.165, 1.54) is 0 Å². The molecule has 0 saturated carbocycles. The third kappa shape index (κ3) is 4.07. The van der Waals surface area contributed by atoms with Gasteiger partial charge in [-0.15, -0.1) is 0 Å². The Morgan fingerprint density at radius 1 is 1.44 bits per heavy atom. The van der Waals surface area contributed by atoms with Crippen LogP contribution in [-0.2, 0) is 9.53 Å². The first-order chi connectivity index (χ1) is 4.04. The van der Waals surface area contributed by atoms with Gasteiger partial charge < -0.3 is 4.74 Å². The number of esters is 1. The quantitative estimate of drug-likeness (QED) is 0.397. The first kappa shape index (κ1) is 8.53. The lowest BCUT2D eigenvalue weighted by molar-refractivity contribution is -0.146. The molecule has 1 atom stereocenters. The van der Waals surface area contributed by atoms with Crippen LogP contribution in [0.5, 0.6) is 0 Å². The van der Waals surface area contributed by atoms with E-state index < -0.39 is 0 Å². The summed E-state index contributed by atoms with van der Waals surface area (Å²) in [5.74, 6) is -0.127. The molecule has 0 aromatic heterocycles. The van der Waals surface area contributed by atoms with Gasteiger partial charge in [0.1, 0.15) is 7.85 Å². The van der Waals surface area contributed by atoms with Gasteiger partial charge in [0.15, 0.2) is 0 Å². The molecule has 0 aliphatic heterocycles. The van der Waals surface area contributed by atoms with Crippen LogP contribution in [0.25, 0.3) is 0 Å². The number of hydrogen-bond acceptors (Lipinski definition) is 2. The lowest BCUT2D eigenvalue weighted by atomic mass is 9.90. The summed E-state index contributed by atoms with van der Waals surface area (Å²) in [4.78, 5) is 10.7. The molecule has 0 aliphatic carbocycles. The second-order valence-electron chi connectivity index (χ2n) is 2.64. The Kier molecular flexibility index (Phi) is 3.36. The van der Waals surface area contributed by atoms with Crippen LogP contribution >= 0.6 is 0 Å². The highest BCUT2D eigenvalue weighted by molar-refractivity contribution is 6.22. The second kappa shape index (κ2) is 3.54. The maximum atomic E-state index is 10.7. The van der Waals surface area contributed by atoms with Crippen LogP contribution in [0.15, 0.2) is 0 Å². The van der Waals surface area contributed by atoms with Crippen molar-refractivity contribution in [2.24, 2.45) is 0 Å². The van der Waals surface area contributed by atoms with Crippen molar-refractivity contribution in [3.63, 3.8) is 0 Å². The highest BCUT2D eigenvalue weighted by Crippen LogP contribution is 2.01. The van der Waals surface area contributed by atoms with Crippen molar-refractivity contribution < 1.29 is 9.53 Å². The molecule has 0 radical (unpaired) electrons. The van der Waals surface area contributed by atoms with Gasteiger partial charge in [-0.1, -0.05) is 6.92 Å². The van der Waals surface area contributed by atoms with E-state index in [1.807, 2.05) is 28.6 Å². The van der Waals surface area contributed by atoms with Crippen molar-refractivity contribution in [2.45, 2.75) is 32.7 Å². The average molecular weight is 128 g/mol. The first-order valence-electron chi connectivity index (χ1n) is 3.24. The molecule has 9 heavy (non-hydrogen) atoms. The SMILES string of the molecule is B[C@@H](C)C(=O)OC(C)C.